The molecule has 0 saturated heterocycles. The number of hydrogen-bond acceptors (Lipinski definition) is 5. The molecule has 1 aromatic carbocycles. The van der Waals surface area contributed by atoms with E-state index in [-0.39, 0.29) is 0 Å². The van der Waals surface area contributed by atoms with Crippen LogP contribution in [0.25, 0.3) is 0 Å². The Balaban J connectivity index is 1.42. The monoisotopic (exact) mass is 328 g/mol. The minimum absolute atomic E-state index is 0.373. The molecule has 0 saturated carbocycles. The van der Waals surface area contributed by atoms with Crippen LogP contribution in [-0.2, 0) is 28.9 Å². The van der Waals surface area contributed by atoms with Crippen molar-refractivity contribution in [1.29, 1.82) is 0 Å². The number of carbonyl (C=O) groups is 2. The Kier molecular flexibility index (Phi) is 4.88. The fourth-order valence-electron chi connectivity index (χ4n) is 2.80. The van der Waals surface area contributed by atoms with Crippen LogP contribution in [-0.4, -0.2) is 28.5 Å². The Hall–Kier alpha value is -2.70. The van der Waals surface area contributed by atoms with Gasteiger partial charge in [0.2, 0.25) is 5.89 Å². The minimum Gasteiger partial charge on any atom is -0.348 e. The van der Waals surface area contributed by atoms with Gasteiger partial charge >= 0.3 is 11.8 Å². The van der Waals surface area contributed by atoms with Gasteiger partial charge in [0.1, 0.15) is 0 Å². The Bertz CT molecular complexity index is 754. The van der Waals surface area contributed by atoms with Gasteiger partial charge in [0.15, 0.2) is 5.82 Å². The molecule has 0 radical (unpaired) electrons. The first-order chi connectivity index (χ1) is 11.6. The molecular formula is C17H20N4O3. The summed E-state index contributed by atoms with van der Waals surface area (Å²) < 4.78 is 4.98. The summed E-state index contributed by atoms with van der Waals surface area (Å²) in [5.74, 6) is -0.175. The lowest BCUT2D eigenvalue weighted by Gasteiger charge is -2.08. The molecular weight excluding hydrogens is 308 g/mol. The molecule has 7 heteroatoms. The summed E-state index contributed by atoms with van der Waals surface area (Å²) in [7, 11) is 0. The molecule has 1 aliphatic rings. The van der Waals surface area contributed by atoms with E-state index < -0.39 is 11.8 Å². The summed E-state index contributed by atoms with van der Waals surface area (Å²) in [6.07, 6.45) is 4.45. The molecule has 126 valence electrons. The highest BCUT2D eigenvalue weighted by Crippen LogP contribution is 2.24. The Morgan fingerprint density at radius 3 is 2.83 bits per heavy atom. The van der Waals surface area contributed by atoms with E-state index in [2.05, 4.69) is 20.8 Å². The summed E-state index contributed by atoms with van der Waals surface area (Å²) in [5, 5.41) is 8.93. The van der Waals surface area contributed by atoms with Gasteiger partial charge < -0.3 is 15.2 Å². The van der Waals surface area contributed by atoms with Gasteiger partial charge in [-0.25, -0.2) is 0 Å². The van der Waals surface area contributed by atoms with Crippen LogP contribution in [0.3, 0.4) is 0 Å². The van der Waals surface area contributed by atoms with Crippen molar-refractivity contribution in [1.82, 2.24) is 15.5 Å². The quantitative estimate of drug-likeness (QED) is 0.641. The molecule has 0 fully saturated rings. The molecule has 2 aromatic rings. The summed E-state index contributed by atoms with van der Waals surface area (Å²) in [4.78, 5) is 27.8. The number of amides is 2. The third-order valence-electron chi connectivity index (χ3n) is 3.99. The van der Waals surface area contributed by atoms with Crippen LogP contribution in [0.1, 0.15) is 35.7 Å². The normalized spacial score (nSPS) is 12.7. The SMILES string of the molecule is Cc1noc(CCCNC(=O)C(=O)Nc2ccc3c(c2)CCC3)n1. The van der Waals surface area contributed by atoms with E-state index in [1.165, 1.54) is 11.1 Å². The Morgan fingerprint density at radius 1 is 1.21 bits per heavy atom. The highest BCUT2D eigenvalue weighted by Gasteiger charge is 2.15. The van der Waals surface area contributed by atoms with Gasteiger partial charge in [-0.15, -0.1) is 0 Å². The van der Waals surface area contributed by atoms with E-state index >= 15 is 0 Å². The van der Waals surface area contributed by atoms with Crippen molar-refractivity contribution >= 4 is 17.5 Å². The average Bonchev–Trinajstić information content (AvgIpc) is 3.19. The average molecular weight is 328 g/mol. The van der Waals surface area contributed by atoms with Gasteiger partial charge in [-0.3, -0.25) is 9.59 Å². The van der Waals surface area contributed by atoms with Crippen molar-refractivity contribution in [2.45, 2.75) is 39.0 Å². The molecule has 1 heterocycles. The van der Waals surface area contributed by atoms with Crippen molar-refractivity contribution in [3.05, 3.63) is 41.0 Å². The third kappa shape index (κ3) is 3.98. The van der Waals surface area contributed by atoms with E-state index in [0.29, 0.717) is 36.8 Å². The zero-order valence-corrected chi connectivity index (χ0v) is 13.6. The maximum Gasteiger partial charge on any atom is 0.313 e. The lowest BCUT2D eigenvalue weighted by molar-refractivity contribution is -0.136. The van der Waals surface area contributed by atoms with Crippen molar-refractivity contribution in [2.75, 3.05) is 11.9 Å². The fourth-order valence-corrected chi connectivity index (χ4v) is 2.80. The number of hydrogen-bond donors (Lipinski definition) is 2. The van der Waals surface area contributed by atoms with E-state index in [9.17, 15) is 9.59 Å². The van der Waals surface area contributed by atoms with Crippen LogP contribution in [0, 0.1) is 6.92 Å². The van der Waals surface area contributed by atoms with Crippen LogP contribution in [0.2, 0.25) is 0 Å². The molecule has 7 nitrogen and oxygen atoms in total. The van der Waals surface area contributed by atoms with E-state index in [1.54, 1.807) is 6.92 Å². The fraction of sp³-hybridized carbons (Fsp3) is 0.412. The second-order valence-corrected chi connectivity index (χ2v) is 5.89. The first-order valence-corrected chi connectivity index (χ1v) is 8.12. The summed E-state index contributed by atoms with van der Waals surface area (Å²) in [6, 6.07) is 5.81. The minimum atomic E-state index is -0.651. The lowest BCUT2D eigenvalue weighted by atomic mass is 10.1. The van der Waals surface area contributed by atoms with Gasteiger partial charge in [-0.2, -0.15) is 4.98 Å². The second kappa shape index (κ2) is 7.25. The summed E-state index contributed by atoms with van der Waals surface area (Å²) >= 11 is 0. The molecule has 2 amide bonds. The zero-order valence-electron chi connectivity index (χ0n) is 13.6. The number of anilines is 1. The standard InChI is InChI=1S/C17H20N4O3/c1-11-19-15(24-21-11)6-3-9-18-16(22)17(23)20-14-8-7-12-4-2-5-13(12)10-14/h7-8,10H,2-6,9H2,1H3,(H,18,22)(H,20,23). The Morgan fingerprint density at radius 2 is 2.04 bits per heavy atom. The largest absolute Gasteiger partial charge is 0.348 e. The third-order valence-corrected chi connectivity index (χ3v) is 3.99. The van der Waals surface area contributed by atoms with Gasteiger partial charge in [0, 0.05) is 18.7 Å². The number of nitrogens with zero attached hydrogens (tertiary/aromatic N) is 2. The Labute approximate surface area is 139 Å². The van der Waals surface area contributed by atoms with Crippen molar-refractivity contribution < 1.29 is 14.1 Å². The maximum absolute atomic E-state index is 11.9. The van der Waals surface area contributed by atoms with Gasteiger partial charge in [-0.1, -0.05) is 11.2 Å². The van der Waals surface area contributed by atoms with Crippen molar-refractivity contribution in [2.24, 2.45) is 0 Å². The van der Waals surface area contributed by atoms with E-state index in [0.717, 1.165) is 19.3 Å². The number of carbonyl (C=O) groups excluding carboxylic acids is 2. The summed E-state index contributed by atoms with van der Waals surface area (Å²) in [6.45, 7) is 2.12. The number of aromatic nitrogens is 2. The summed E-state index contributed by atoms with van der Waals surface area (Å²) in [5.41, 5.74) is 3.24. The topological polar surface area (TPSA) is 97.1 Å². The molecule has 1 aromatic heterocycles. The molecule has 2 N–H and O–H groups in total. The van der Waals surface area contributed by atoms with Crippen molar-refractivity contribution in [3.63, 3.8) is 0 Å². The highest BCUT2D eigenvalue weighted by molar-refractivity contribution is 6.39. The number of benzene rings is 1. The lowest BCUT2D eigenvalue weighted by Crippen LogP contribution is -2.36. The van der Waals surface area contributed by atoms with E-state index in [4.69, 9.17) is 4.52 Å². The molecule has 0 spiro atoms. The van der Waals surface area contributed by atoms with Crippen LogP contribution >= 0.6 is 0 Å². The van der Waals surface area contributed by atoms with Crippen LogP contribution in [0.5, 0.6) is 0 Å². The van der Waals surface area contributed by atoms with Crippen LogP contribution < -0.4 is 10.6 Å². The molecule has 3 rings (SSSR count). The zero-order chi connectivity index (χ0) is 16.9. The molecule has 0 atom stereocenters. The van der Waals surface area contributed by atoms with Gasteiger partial charge in [0.05, 0.1) is 0 Å². The predicted molar refractivity (Wildman–Crippen MR) is 87.5 cm³/mol. The maximum atomic E-state index is 11.9. The molecule has 24 heavy (non-hydrogen) atoms. The van der Waals surface area contributed by atoms with Crippen LogP contribution in [0.4, 0.5) is 5.69 Å². The molecule has 0 unspecified atom stereocenters. The smallest absolute Gasteiger partial charge is 0.313 e. The van der Waals surface area contributed by atoms with Gasteiger partial charge in [0.25, 0.3) is 0 Å². The van der Waals surface area contributed by atoms with Crippen molar-refractivity contribution in [3.8, 4) is 0 Å². The van der Waals surface area contributed by atoms with E-state index in [1.807, 2.05) is 18.2 Å². The van der Waals surface area contributed by atoms with Crippen LogP contribution in [0.15, 0.2) is 22.7 Å². The number of rotatable bonds is 5. The molecule has 0 bridgehead atoms. The molecule has 1 aliphatic carbocycles. The predicted octanol–water partition coefficient (Wildman–Crippen LogP) is 1.55. The first-order valence-electron chi connectivity index (χ1n) is 8.12. The highest BCUT2D eigenvalue weighted by atomic mass is 16.5. The number of aryl methyl sites for hydroxylation is 4. The number of nitrogens with one attached hydrogen (secondary N) is 2. The second-order valence-electron chi connectivity index (χ2n) is 5.89. The molecule has 0 aliphatic heterocycles. The first kappa shape index (κ1) is 16.2. The van der Waals surface area contributed by atoms with Gasteiger partial charge in [-0.05, 0) is 55.9 Å². The number of fused-ring (bicyclic) bond motifs is 1.